The molecule has 1 amide bonds. The smallest absolute Gasteiger partial charge is 0.256 e. The van der Waals surface area contributed by atoms with E-state index in [2.05, 4.69) is 31.2 Å². The Bertz CT molecular complexity index is 679. The molecule has 2 aromatic heterocycles. The first-order valence-electron chi connectivity index (χ1n) is 5.82. The van der Waals surface area contributed by atoms with Crippen LogP contribution in [0.2, 0.25) is 10.2 Å². The summed E-state index contributed by atoms with van der Waals surface area (Å²) < 4.78 is 1.51. The highest BCUT2D eigenvalue weighted by Crippen LogP contribution is 2.25. The van der Waals surface area contributed by atoms with Crippen LogP contribution in [-0.4, -0.2) is 15.9 Å². The molecule has 0 radical (unpaired) electrons. The summed E-state index contributed by atoms with van der Waals surface area (Å²) in [6.07, 6.45) is 3.18. The Labute approximate surface area is 153 Å². The number of carbonyl (C=O) groups is 1. The second-order valence-electron chi connectivity index (χ2n) is 4.17. The van der Waals surface area contributed by atoms with E-state index in [4.69, 9.17) is 23.2 Å². The molecule has 2 heterocycles. The maximum atomic E-state index is 12.3. The molecular formula is C13H9BrCl2IN3O. The van der Waals surface area contributed by atoms with Crippen LogP contribution in [0.25, 0.3) is 0 Å². The van der Waals surface area contributed by atoms with Crippen molar-refractivity contribution < 1.29 is 4.79 Å². The third-order valence-electron chi connectivity index (χ3n) is 2.67. The van der Waals surface area contributed by atoms with Gasteiger partial charge in [-0.1, -0.05) is 23.2 Å². The summed E-state index contributed by atoms with van der Waals surface area (Å²) in [6, 6.07) is 3.09. The number of nitrogens with zero attached hydrogens (tertiary/aromatic N) is 2. The van der Waals surface area contributed by atoms with Gasteiger partial charge in [0.15, 0.2) is 0 Å². The van der Waals surface area contributed by atoms with Gasteiger partial charge in [0.1, 0.15) is 5.15 Å². The Balaban J connectivity index is 2.23. The van der Waals surface area contributed by atoms with E-state index in [1.165, 1.54) is 0 Å². The molecule has 0 aromatic carbocycles. The number of halogens is 4. The van der Waals surface area contributed by atoms with Gasteiger partial charge in [-0.3, -0.25) is 9.78 Å². The summed E-state index contributed by atoms with van der Waals surface area (Å²) in [6.45, 7) is 1.80. The van der Waals surface area contributed by atoms with Crippen molar-refractivity contribution in [2.24, 2.45) is 0 Å². The highest BCUT2D eigenvalue weighted by Gasteiger charge is 2.19. The lowest BCUT2D eigenvalue weighted by Crippen LogP contribution is -2.28. The third-order valence-corrected chi connectivity index (χ3v) is 4.60. The highest BCUT2D eigenvalue weighted by molar-refractivity contribution is 14.1. The van der Waals surface area contributed by atoms with E-state index >= 15 is 0 Å². The molecular weight excluding hydrogens is 492 g/mol. The van der Waals surface area contributed by atoms with Crippen LogP contribution >= 0.6 is 61.7 Å². The van der Waals surface area contributed by atoms with Crippen LogP contribution in [0.1, 0.15) is 29.0 Å². The number of rotatable bonds is 3. The quantitative estimate of drug-likeness (QED) is 0.493. The van der Waals surface area contributed by atoms with Gasteiger partial charge in [0.2, 0.25) is 0 Å². The molecule has 0 aliphatic carbocycles. The molecule has 2 rings (SSSR count). The predicted octanol–water partition coefficient (Wildman–Crippen LogP) is 4.64. The first-order chi connectivity index (χ1) is 9.90. The minimum Gasteiger partial charge on any atom is -0.344 e. The maximum absolute atomic E-state index is 12.3. The Morgan fingerprint density at radius 1 is 1.43 bits per heavy atom. The number of nitrogens with one attached hydrogen (secondary N) is 1. The van der Waals surface area contributed by atoms with Crippen LogP contribution in [0, 0.1) is 3.57 Å². The van der Waals surface area contributed by atoms with Gasteiger partial charge >= 0.3 is 0 Å². The molecule has 1 atom stereocenters. The first kappa shape index (κ1) is 16.9. The van der Waals surface area contributed by atoms with Crippen LogP contribution in [0.4, 0.5) is 0 Å². The van der Waals surface area contributed by atoms with Gasteiger partial charge in [-0.2, -0.15) is 0 Å². The molecule has 0 spiro atoms. The summed E-state index contributed by atoms with van der Waals surface area (Å²) in [5.41, 5.74) is 0.933. The SMILES string of the molecule is CC(NC(=O)c1c(I)ccnc1Cl)c1ncc(Br)cc1Cl. The fourth-order valence-corrected chi connectivity index (χ4v) is 3.56. The molecule has 2 aromatic rings. The molecule has 110 valence electrons. The molecule has 1 unspecified atom stereocenters. The fourth-order valence-electron chi connectivity index (χ4n) is 1.70. The van der Waals surface area contributed by atoms with Crippen LogP contribution in [0.15, 0.2) is 29.0 Å². The number of pyridine rings is 2. The molecule has 0 saturated carbocycles. The van der Waals surface area contributed by atoms with Crippen LogP contribution in [0.3, 0.4) is 0 Å². The zero-order valence-electron chi connectivity index (χ0n) is 10.7. The molecule has 0 fully saturated rings. The molecule has 4 nitrogen and oxygen atoms in total. The lowest BCUT2D eigenvalue weighted by molar-refractivity contribution is 0.0938. The Morgan fingerprint density at radius 3 is 2.76 bits per heavy atom. The standard InChI is InChI=1S/C13H9BrCl2IN3O/c1-6(11-8(15)4-7(14)5-19-11)20-13(21)10-9(17)2-3-18-12(10)16/h2-6H,1H3,(H,20,21). The molecule has 8 heteroatoms. The largest absolute Gasteiger partial charge is 0.344 e. The average Bonchev–Trinajstić information content (AvgIpc) is 2.37. The summed E-state index contributed by atoms with van der Waals surface area (Å²) in [4.78, 5) is 20.5. The van der Waals surface area contributed by atoms with E-state index in [-0.39, 0.29) is 17.1 Å². The van der Waals surface area contributed by atoms with Gasteiger partial charge in [0.05, 0.1) is 22.3 Å². The van der Waals surface area contributed by atoms with Crippen molar-refractivity contribution in [1.29, 1.82) is 0 Å². The predicted molar refractivity (Wildman–Crippen MR) is 94.8 cm³/mol. The van der Waals surface area contributed by atoms with E-state index in [1.54, 1.807) is 31.5 Å². The normalized spacial score (nSPS) is 12.0. The molecule has 0 aliphatic heterocycles. The Morgan fingerprint density at radius 2 is 2.14 bits per heavy atom. The van der Waals surface area contributed by atoms with E-state index in [0.29, 0.717) is 16.3 Å². The minimum absolute atomic E-state index is 0.168. The van der Waals surface area contributed by atoms with Gasteiger partial charge in [-0.15, -0.1) is 0 Å². The number of hydrogen-bond donors (Lipinski definition) is 1. The Hall–Kier alpha value is -0.440. The summed E-state index contributed by atoms with van der Waals surface area (Å²) in [7, 11) is 0. The van der Waals surface area contributed by atoms with Crippen molar-refractivity contribution in [2.45, 2.75) is 13.0 Å². The van der Waals surface area contributed by atoms with Crippen molar-refractivity contribution >= 4 is 67.6 Å². The molecule has 1 N–H and O–H groups in total. The monoisotopic (exact) mass is 499 g/mol. The van der Waals surface area contributed by atoms with Crippen molar-refractivity contribution in [3.8, 4) is 0 Å². The van der Waals surface area contributed by atoms with E-state index in [1.807, 2.05) is 22.6 Å². The number of amides is 1. The lowest BCUT2D eigenvalue weighted by atomic mass is 10.2. The molecule has 0 bridgehead atoms. The van der Waals surface area contributed by atoms with Crippen molar-refractivity contribution in [3.63, 3.8) is 0 Å². The molecule has 0 saturated heterocycles. The van der Waals surface area contributed by atoms with E-state index < -0.39 is 0 Å². The summed E-state index contributed by atoms with van der Waals surface area (Å²) >= 11 is 17.4. The molecule has 0 aliphatic rings. The van der Waals surface area contributed by atoms with E-state index in [0.717, 1.165) is 8.04 Å². The minimum atomic E-state index is -0.356. The van der Waals surface area contributed by atoms with Gasteiger partial charge in [-0.25, -0.2) is 4.98 Å². The second-order valence-corrected chi connectivity index (χ2v) is 7.02. The van der Waals surface area contributed by atoms with Crippen LogP contribution < -0.4 is 5.32 Å². The third kappa shape index (κ3) is 4.06. The van der Waals surface area contributed by atoms with Crippen LogP contribution in [-0.2, 0) is 0 Å². The molecule has 21 heavy (non-hydrogen) atoms. The highest BCUT2D eigenvalue weighted by atomic mass is 127. The second kappa shape index (κ2) is 7.21. The zero-order chi connectivity index (χ0) is 15.6. The summed E-state index contributed by atoms with van der Waals surface area (Å²) in [5.74, 6) is -0.314. The maximum Gasteiger partial charge on any atom is 0.256 e. The fraction of sp³-hybridized carbons (Fsp3) is 0.154. The average molecular weight is 501 g/mol. The summed E-state index contributed by atoms with van der Waals surface area (Å²) in [5, 5.41) is 3.47. The number of carbonyl (C=O) groups excluding carboxylic acids is 1. The first-order valence-corrected chi connectivity index (χ1v) is 8.44. The van der Waals surface area contributed by atoms with Gasteiger partial charge in [0, 0.05) is 20.4 Å². The zero-order valence-corrected chi connectivity index (χ0v) is 16.0. The van der Waals surface area contributed by atoms with Crippen LogP contribution in [0.5, 0.6) is 0 Å². The van der Waals surface area contributed by atoms with Gasteiger partial charge in [0.25, 0.3) is 5.91 Å². The van der Waals surface area contributed by atoms with E-state index in [9.17, 15) is 4.79 Å². The van der Waals surface area contributed by atoms with Crippen molar-refractivity contribution in [3.05, 3.63) is 54.0 Å². The Kier molecular flexibility index (Phi) is 5.81. The van der Waals surface area contributed by atoms with Gasteiger partial charge < -0.3 is 5.32 Å². The van der Waals surface area contributed by atoms with Crippen molar-refractivity contribution in [1.82, 2.24) is 15.3 Å². The number of hydrogen-bond acceptors (Lipinski definition) is 3. The lowest BCUT2D eigenvalue weighted by Gasteiger charge is -2.15. The number of aromatic nitrogens is 2. The van der Waals surface area contributed by atoms with Crippen molar-refractivity contribution in [2.75, 3.05) is 0 Å². The topological polar surface area (TPSA) is 54.9 Å². The van der Waals surface area contributed by atoms with Gasteiger partial charge in [-0.05, 0) is 57.6 Å².